The van der Waals surface area contributed by atoms with Gasteiger partial charge in [-0.15, -0.1) is 0 Å². The molecule has 0 saturated heterocycles. The molecule has 0 bridgehead atoms. The second-order valence-electron chi connectivity index (χ2n) is 15.9. The molecule has 0 N–H and O–H groups in total. The molecule has 2 heteroatoms. The number of fused-ring (bicyclic) bond motifs is 12. The number of nitrogens with zero attached hydrogens (tertiary/aromatic N) is 2. The highest BCUT2D eigenvalue weighted by molar-refractivity contribution is 6.06. The fraction of sp³-hybridized carbons (Fsp3) is 0.0172. The molecule has 10 aromatic rings. The van der Waals surface area contributed by atoms with Gasteiger partial charge < -0.3 is 4.90 Å². The number of pyridine rings is 1. The number of aromatic nitrogens is 1. The van der Waals surface area contributed by atoms with Gasteiger partial charge in [-0.05, 0) is 126 Å². The van der Waals surface area contributed by atoms with Gasteiger partial charge in [0.05, 0.1) is 5.41 Å². The van der Waals surface area contributed by atoms with E-state index in [9.17, 15) is 0 Å². The van der Waals surface area contributed by atoms with E-state index >= 15 is 0 Å². The van der Waals surface area contributed by atoms with Gasteiger partial charge in [0.2, 0.25) is 0 Å². The second-order valence-corrected chi connectivity index (χ2v) is 15.9. The van der Waals surface area contributed by atoms with E-state index in [0.29, 0.717) is 0 Å². The summed E-state index contributed by atoms with van der Waals surface area (Å²) in [5, 5.41) is 2.53. The van der Waals surface area contributed by atoms with Crippen molar-refractivity contribution in [3.63, 3.8) is 0 Å². The highest BCUT2D eigenvalue weighted by Crippen LogP contribution is 2.65. The lowest BCUT2D eigenvalue weighted by atomic mass is 9.69. The maximum atomic E-state index is 4.57. The average molecular weight is 763 g/mol. The minimum absolute atomic E-state index is 0.564. The third-order valence-electron chi connectivity index (χ3n) is 12.8. The highest BCUT2D eigenvalue weighted by Gasteiger charge is 2.53. The quantitative estimate of drug-likeness (QED) is 0.168. The Morgan fingerprint density at radius 1 is 0.350 bits per heavy atom. The number of anilines is 3. The molecule has 1 unspecified atom stereocenters. The van der Waals surface area contributed by atoms with E-state index < -0.39 is 5.41 Å². The van der Waals surface area contributed by atoms with Crippen molar-refractivity contribution in [1.29, 1.82) is 0 Å². The zero-order valence-electron chi connectivity index (χ0n) is 32.8. The first-order valence-electron chi connectivity index (χ1n) is 20.7. The third-order valence-corrected chi connectivity index (χ3v) is 12.8. The molecule has 0 radical (unpaired) electrons. The molecule has 1 aromatic heterocycles. The Morgan fingerprint density at radius 2 is 0.917 bits per heavy atom. The van der Waals surface area contributed by atoms with Crippen LogP contribution < -0.4 is 4.90 Å². The van der Waals surface area contributed by atoms with Gasteiger partial charge in [-0.25, -0.2) is 0 Å². The summed E-state index contributed by atoms with van der Waals surface area (Å²) in [5.41, 5.74) is 20.3. The second kappa shape index (κ2) is 13.7. The minimum Gasteiger partial charge on any atom is -0.310 e. The van der Waals surface area contributed by atoms with Crippen molar-refractivity contribution in [3.05, 3.63) is 253 Å². The molecular weight excluding hydrogens is 725 g/mol. The fourth-order valence-electron chi connectivity index (χ4n) is 10.2. The van der Waals surface area contributed by atoms with Crippen LogP contribution in [0.3, 0.4) is 0 Å². The Balaban J connectivity index is 1.12. The van der Waals surface area contributed by atoms with Crippen molar-refractivity contribution in [2.45, 2.75) is 5.41 Å². The molecule has 9 aromatic carbocycles. The maximum Gasteiger partial charge on any atom is 0.0732 e. The molecule has 2 nitrogen and oxygen atoms in total. The van der Waals surface area contributed by atoms with Gasteiger partial charge in [-0.2, -0.15) is 0 Å². The molecule has 1 heterocycles. The van der Waals surface area contributed by atoms with Gasteiger partial charge in [0, 0.05) is 35.0 Å². The average Bonchev–Trinajstić information content (AvgIpc) is 3.80. The summed E-state index contributed by atoms with van der Waals surface area (Å²) < 4.78 is 0. The molecule has 1 atom stereocenters. The van der Waals surface area contributed by atoms with E-state index in [1.54, 1.807) is 0 Å². The SMILES string of the molecule is c1ccc(-c2ccc(N(c3ccc(-c4ccccc4)cc3)c3ccc4c(c3)C3(c5ccccc5-c5c(-c6cccnc6)cccc53)c3c-4ccc4ccccc34)cc2)cc1. The molecular formula is C58H38N2. The summed E-state index contributed by atoms with van der Waals surface area (Å²) in [6.07, 6.45) is 3.85. The highest BCUT2D eigenvalue weighted by atomic mass is 15.1. The van der Waals surface area contributed by atoms with Crippen LogP contribution in [-0.4, -0.2) is 4.98 Å². The van der Waals surface area contributed by atoms with Crippen molar-refractivity contribution in [2.24, 2.45) is 0 Å². The summed E-state index contributed by atoms with van der Waals surface area (Å²) >= 11 is 0. The van der Waals surface area contributed by atoms with Gasteiger partial charge in [0.15, 0.2) is 0 Å². The zero-order chi connectivity index (χ0) is 39.6. The van der Waals surface area contributed by atoms with Crippen LogP contribution in [0.25, 0.3) is 66.4 Å². The van der Waals surface area contributed by atoms with E-state index in [-0.39, 0.29) is 0 Å². The Morgan fingerprint density at radius 3 is 1.62 bits per heavy atom. The van der Waals surface area contributed by atoms with E-state index in [2.05, 4.69) is 222 Å². The predicted molar refractivity (Wildman–Crippen MR) is 249 cm³/mol. The number of rotatable bonds is 6. The standard InChI is InChI=1S/C58H38N2/c1-3-13-39(14-4-1)41-24-29-45(30-25-41)60(46-31-26-42(27-32-46)40-15-5-2-6-16-40)47-33-35-50-51-34-28-43-17-7-8-19-49(43)57(51)58(55(50)37-47)53-22-10-9-20-52(53)56-48(21-11-23-54(56)58)44-18-12-36-59-38-44/h1-38H. The van der Waals surface area contributed by atoms with Gasteiger partial charge in [-0.3, -0.25) is 4.98 Å². The lowest BCUT2D eigenvalue weighted by Crippen LogP contribution is -2.26. The van der Waals surface area contributed by atoms with Gasteiger partial charge >= 0.3 is 0 Å². The van der Waals surface area contributed by atoms with E-state index in [0.717, 1.165) is 22.6 Å². The normalized spacial score (nSPS) is 14.4. The first-order chi connectivity index (χ1) is 29.8. The zero-order valence-corrected chi connectivity index (χ0v) is 32.8. The monoisotopic (exact) mass is 762 g/mol. The van der Waals surface area contributed by atoms with Crippen LogP contribution in [0.15, 0.2) is 231 Å². The van der Waals surface area contributed by atoms with Gasteiger partial charge in [0.25, 0.3) is 0 Å². The molecule has 60 heavy (non-hydrogen) atoms. The van der Waals surface area contributed by atoms with Crippen LogP contribution in [0.1, 0.15) is 22.3 Å². The van der Waals surface area contributed by atoms with Crippen LogP contribution in [0.5, 0.6) is 0 Å². The molecule has 0 fully saturated rings. The lowest BCUT2D eigenvalue weighted by Gasteiger charge is -2.33. The molecule has 280 valence electrons. The van der Waals surface area contributed by atoms with Crippen LogP contribution in [-0.2, 0) is 5.41 Å². The minimum atomic E-state index is -0.564. The van der Waals surface area contributed by atoms with Crippen molar-refractivity contribution < 1.29 is 0 Å². The Labute approximate surface area is 350 Å². The number of hydrogen-bond acceptors (Lipinski definition) is 2. The molecule has 12 rings (SSSR count). The lowest BCUT2D eigenvalue weighted by molar-refractivity contribution is 0.801. The topological polar surface area (TPSA) is 16.1 Å². The first kappa shape index (κ1) is 34.3. The largest absolute Gasteiger partial charge is 0.310 e. The van der Waals surface area contributed by atoms with Gasteiger partial charge in [0.1, 0.15) is 0 Å². The van der Waals surface area contributed by atoms with Crippen molar-refractivity contribution in [1.82, 2.24) is 4.98 Å². The predicted octanol–water partition coefficient (Wildman–Crippen LogP) is 15.0. The van der Waals surface area contributed by atoms with Crippen molar-refractivity contribution in [2.75, 3.05) is 4.90 Å². The smallest absolute Gasteiger partial charge is 0.0732 e. The van der Waals surface area contributed by atoms with Crippen LogP contribution in [0.2, 0.25) is 0 Å². The molecule has 0 aliphatic heterocycles. The summed E-state index contributed by atoms with van der Waals surface area (Å²) in [4.78, 5) is 7.00. The van der Waals surface area contributed by atoms with Crippen LogP contribution in [0, 0.1) is 0 Å². The summed E-state index contributed by atoms with van der Waals surface area (Å²) in [6.45, 7) is 0. The molecule has 0 amide bonds. The van der Waals surface area contributed by atoms with E-state index in [1.165, 1.54) is 83.1 Å². The Hall–Kier alpha value is -7.81. The van der Waals surface area contributed by atoms with E-state index in [4.69, 9.17) is 0 Å². The summed E-state index contributed by atoms with van der Waals surface area (Å²) in [7, 11) is 0. The van der Waals surface area contributed by atoms with Crippen molar-refractivity contribution >= 4 is 27.8 Å². The number of benzene rings is 9. The molecule has 1 spiro atoms. The summed E-state index contributed by atoms with van der Waals surface area (Å²) in [6, 6.07) is 80.3. The molecule has 0 saturated carbocycles. The van der Waals surface area contributed by atoms with Gasteiger partial charge in [-0.1, -0.05) is 176 Å². The third kappa shape index (κ3) is 5.11. The van der Waals surface area contributed by atoms with Crippen LogP contribution >= 0.6 is 0 Å². The summed E-state index contributed by atoms with van der Waals surface area (Å²) in [5.74, 6) is 0. The van der Waals surface area contributed by atoms with E-state index in [1.807, 2.05) is 18.5 Å². The first-order valence-corrected chi connectivity index (χ1v) is 20.7. The Bertz CT molecular complexity index is 3140. The molecule has 2 aliphatic rings. The fourth-order valence-corrected chi connectivity index (χ4v) is 10.2. The maximum absolute atomic E-state index is 4.57. The van der Waals surface area contributed by atoms with Crippen molar-refractivity contribution in [3.8, 4) is 55.6 Å². The number of hydrogen-bond donors (Lipinski definition) is 0. The Kier molecular flexibility index (Phi) is 7.79. The molecule has 2 aliphatic carbocycles. The van der Waals surface area contributed by atoms with Crippen LogP contribution in [0.4, 0.5) is 17.1 Å².